The van der Waals surface area contributed by atoms with Gasteiger partial charge in [0, 0.05) is 39.3 Å². The molecule has 5 aromatic carbocycles. The van der Waals surface area contributed by atoms with Crippen LogP contribution in [0.5, 0.6) is 0 Å². The van der Waals surface area contributed by atoms with Crippen LogP contribution in [0.1, 0.15) is 85.5 Å². The molecule has 238 valence electrons. The standard InChI is InChI=1S/C44H26O6/c1-22-18-20-23(21-19-22)36-42-32(24-10-2-3-11-25(24)38(42)47)33-34(45)28-14-6-8-16-30(28)41(33,37-35(46)29-15-7-9-17-31(29)44(37,42)50)43(36)39(48)26-12-4-5-13-27(26)40(43)49/h2-21,36-37,50H,1H3/t36-,37-,41+,42+,44+/m0/s1. The van der Waals surface area contributed by atoms with Gasteiger partial charge in [0.2, 0.25) is 0 Å². The molecule has 1 N–H and O–H groups in total. The zero-order valence-corrected chi connectivity index (χ0v) is 26.7. The molecule has 5 aromatic rings. The van der Waals surface area contributed by atoms with E-state index in [0.717, 1.165) is 5.56 Å². The van der Waals surface area contributed by atoms with Gasteiger partial charge in [0.25, 0.3) is 0 Å². The molecular formula is C44H26O6. The maximum Gasteiger partial charge on any atom is 0.190 e. The van der Waals surface area contributed by atoms with E-state index < -0.39 is 62.6 Å². The minimum Gasteiger partial charge on any atom is -0.383 e. The Morgan fingerprint density at radius 3 is 1.56 bits per heavy atom. The summed E-state index contributed by atoms with van der Waals surface area (Å²) in [6, 6.07) is 34.6. The second-order valence-electron chi connectivity index (χ2n) is 14.6. The van der Waals surface area contributed by atoms with E-state index in [1.165, 1.54) is 0 Å². The second-order valence-corrected chi connectivity index (χ2v) is 14.6. The average Bonchev–Trinajstić information content (AvgIpc) is 3.74. The van der Waals surface area contributed by atoms with E-state index in [0.29, 0.717) is 22.3 Å². The highest BCUT2D eigenvalue weighted by Crippen LogP contribution is 2.87. The van der Waals surface area contributed by atoms with Gasteiger partial charge in [-0.05, 0) is 34.8 Å². The first kappa shape index (κ1) is 28.0. The third-order valence-corrected chi connectivity index (χ3v) is 13.0. The molecule has 3 spiro atoms. The molecular weight excluding hydrogens is 624 g/mol. The number of hydrogen-bond acceptors (Lipinski definition) is 6. The Balaban J connectivity index is 1.47. The first-order valence-corrected chi connectivity index (χ1v) is 16.9. The average molecular weight is 651 g/mol. The largest absolute Gasteiger partial charge is 0.383 e. The molecule has 5 atom stereocenters. The number of fused-ring (bicyclic) bond motifs is 4. The predicted octanol–water partition coefficient (Wildman–Crippen LogP) is 6.64. The number of allylic oxidation sites excluding steroid dienone is 1. The predicted molar refractivity (Wildman–Crippen MR) is 182 cm³/mol. The number of carbonyl (C=O) groups is 5. The lowest BCUT2D eigenvalue weighted by Crippen LogP contribution is -2.79. The molecule has 0 radical (unpaired) electrons. The minimum atomic E-state index is -2.25. The third-order valence-electron chi connectivity index (χ3n) is 13.0. The van der Waals surface area contributed by atoms with Crippen LogP contribution in [0.4, 0.5) is 0 Å². The molecule has 7 aliphatic carbocycles. The van der Waals surface area contributed by atoms with Gasteiger partial charge in [0.15, 0.2) is 28.9 Å². The molecule has 0 saturated heterocycles. The van der Waals surface area contributed by atoms with Crippen LogP contribution in [0.15, 0.2) is 127 Å². The first-order valence-electron chi connectivity index (χ1n) is 16.9. The quantitative estimate of drug-likeness (QED) is 0.204. The van der Waals surface area contributed by atoms with Crippen LogP contribution in [-0.2, 0) is 11.0 Å². The highest BCUT2D eigenvalue weighted by atomic mass is 16.3. The van der Waals surface area contributed by atoms with Crippen molar-refractivity contribution in [2.75, 3.05) is 0 Å². The lowest BCUT2D eigenvalue weighted by molar-refractivity contribution is -0.161. The van der Waals surface area contributed by atoms with Crippen molar-refractivity contribution < 1.29 is 29.1 Å². The highest BCUT2D eigenvalue weighted by Gasteiger charge is 2.94. The van der Waals surface area contributed by atoms with Crippen molar-refractivity contribution in [2.45, 2.75) is 23.9 Å². The van der Waals surface area contributed by atoms with E-state index in [4.69, 9.17) is 0 Å². The second kappa shape index (κ2) is 8.47. The number of carbonyl (C=O) groups excluding carboxylic acids is 5. The molecule has 0 unspecified atom stereocenters. The topological polar surface area (TPSA) is 106 Å². The summed E-state index contributed by atoms with van der Waals surface area (Å²) in [5.74, 6) is -5.37. The van der Waals surface area contributed by atoms with Gasteiger partial charge in [-0.1, -0.05) is 127 Å². The number of aliphatic hydroxyl groups is 1. The Bertz CT molecular complexity index is 2560. The summed E-state index contributed by atoms with van der Waals surface area (Å²) in [6.45, 7) is 1.92. The number of rotatable bonds is 1. The normalized spacial score (nSPS) is 29.9. The Kier molecular flexibility index (Phi) is 4.75. The number of aryl methyl sites for hydroxylation is 1. The van der Waals surface area contributed by atoms with Crippen LogP contribution in [0.3, 0.4) is 0 Å². The van der Waals surface area contributed by atoms with Gasteiger partial charge in [0.1, 0.15) is 16.4 Å². The van der Waals surface area contributed by atoms with Gasteiger partial charge >= 0.3 is 0 Å². The van der Waals surface area contributed by atoms with Gasteiger partial charge in [-0.25, -0.2) is 0 Å². The molecule has 0 aliphatic heterocycles. The SMILES string of the molecule is Cc1ccc([C@@H]2C3(C(=O)c4ccccc4C3=O)[C@]34C(=C5c6ccccc6C(=O)[C@@]52[C@@]2(O)c5ccccc5C(=O)[C@@H]32)C(=O)c2ccccc24)cc1. The molecule has 1 saturated carbocycles. The van der Waals surface area contributed by atoms with Crippen molar-refractivity contribution in [1.82, 2.24) is 0 Å². The summed E-state index contributed by atoms with van der Waals surface area (Å²) in [5, 5.41) is 14.1. The van der Waals surface area contributed by atoms with E-state index in [1.54, 1.807) is 97.1 Å². The molecule has 12 rings (SSSR count). The van der Waals surface area contributed by atoms with Gasteiger partial charge < -0.3 is 5.11 Å². The first-order chi connectivity index (χ1) is 24.2. The van der Waals surface area contributed by atoms with Crippen molar-refractivity contribution >= 4 is 34.5 Å². The monoisotopic (exact) mass is 650 g/mol. The highest BCUT2D eigenvalue weighted by molar-refractivity contribution is 6.39. The van der Waals surface area contributed by atoms with Crippen LogP contribution in [-0.4, -0.2) is 34.0 Å². The molecule has 7 aliphatic rings. The number of Topliss-reactive ketones (excluding diaryl/α,β-unsaturated/α-hetero) is 5. The summed E-state index contributed by atoms with van der Waals surface area (Å²) in [4.78, 5) is 78.2. The number of benzene rings is 5. The van der Waals surface area contributed by atoms with Crippen LogP contribution in [0.2, 0.25) is 0 Å². The molecule has 0 aromatic heterocycles. The molecule has 50 heavy (non-hydrogen) atoms. The Morgan fingerprint density at radius 1 is 0.460 bits per heavy atom. The lowest BCUT2D eigenvalue weighted by atomic mass is 9.28. The van der Waals surface area contributed by atoms with Gasteiger partial charge in [-0.3, -0.25) is 24.0 Å². The van der Waals surface area contributed by atoms with Crippen molar-refractivity contribution in [3.63, 3.8) is 0 Å². The maximum atomic E-state index is 15.9. The summed E-state index contributed by atoms with van der Waals surface area (Å²) in [7, 11) is 0. The zero-order chi connectivity index (χ0) is 34.1. The van der Waals surface area contributed by atoms with Crippen molar-refractivity contribution in [2.24, 2.45) is 16.7 Å². The van der Waals surface area contributed by atoms with Gasteiger partial charge in [0.05, 0.1) is 11.3 Å². The maximum absolute atomic E-state index is 15.9. The third kappa shape index (κ3) is 2.41. The number of hydrogen-bond donors (Lipinski definition) is 1. The van der Waals surface area contributed by atoms with Crippen LogP contribution >= 0.6 is 0 Å². The van der Waals surface area contributed by atoms with Crippen molar-refractivity contribution in [3.05, 3.63) is 183 Å². The summed E-state index contributed by atoms with van der Waals surface area (Å²) >= 11 is 0. The van der Waals surface area contributed by atoms with E-state index in [-0.39, 0.29) is 39.0 Å². The van der Waals surface area contributed by atoms with E-state index >= 15 is 24.0 Å². The molecule has 6 nitrogen and oxygen atoms in total. The summed E-state index contributed by atoms with van der Waals surface area (Å²) < 4.78 is 0. The smallest absolute Gasteiger partial charge is 0.190 e. The fourth-order valence-electron chi connectivity index (χ4n) is 11.7. The fraction of sp³-hybridized carbons (Fsp3) is 0.159. The molecule has 0 heterocycles. The van der Waals surface area contributed by atoms with Gasteiger partial charge in [-0.2, -0.15) is 0 Å². The Morgan fingerprint density at radius 2 is 0.940 bits per heavy atom. The van der Waals surface area contributed by atoms with E-state index in [2.05, 4.69) is 0 Å². The lowest BCUT2D eigenvalue weighted by Gasteiger charge is -2.70. The molecule has 0 amide bonds. The molecule has 6 heteroatoms. The van der Waals surface area contributed by atoms with E-state index in [1.807, 2.05) is 31.2 Å². The minimum absolute atomic E-state index is 0.102. The van der Waals surface area contributed by atoms with Gasteiger partial charge in [-0.15, -0.1) is 0 Å². The number of ketones is 5. The van der Waals surface area contributed by atoms with Crippen LogP contribution in [0.25, 0.3) is 5.57 Å². The molecule has 1 fully saturated rings. The van der Waals surface area contributed by atoms with Crippen molar-refractivity contribution in [3.8, 4) is 0 Å². The van der Waals surface area contributed by atoms with Crippen LogP contribution in [0, 0.1) is 23.7 Å². The van der Waals surface area contributed by atoms with Crippen molar-refractivity contribution in [1.29, 1.82) is 0 Å². The van der Waals surface area contributed by atoms with Crippen LogP contribution < -0.4 is 0 Å². The van der Waals surface area contributed by atoms with E-state index in [9.17, 15) is 5.11 Å². The Hall–Kier alpha value is -5.85. The zero-order valence-electron chi connectivity index (χ0n) is 26.7. The summed E-state index contributed by atoms with van der Waals surface area (Å²) in [6.07, 6.45) is 0. The fourth-order valence-corrected chi connectivity index (χ4v) is 11.7. The molecule has 2 bridgehead atoms. The summed E-state index contributed by atoms with van der Waals surface area (Å²) in [5.41, 5.74) is -4.45. The Labute approximate surface area is 286 Å².